The van der Waals surface area contributed by atoms with Crippen LogP contribution in [0.5, 0.6) is 0 Å². The molecule has 0 unspecified atom stereocenters. The van der Waals surface area contributed by atoms with Crippen LogP contribution in [0.3, 0.4) is 0 Å². The summed E-state index contributed by atoms with van der Waals surface area (Å²) in [7, 11) is 5.73. The van der Waals surface area contributed by atoms with Gasteiger partial charge in [0.2, 0.25) is 5.91 Å². The predicted molar refractivity (Wildman–Crippen MR) is 92.2 cm³/mol. The second-order valence-electron chi connectivity index (χ2n) is 6.26. The summed E-state index contributed by atoms with van der Waals surface area (Å²) in [5.41, 5.74) is 0. The van der Waals surface area contributed by atoms with Crippen LogP contribution in [-0.2, 0) is 16.1 Å². The molecule has 1 fully saturated rings. The molecule has 2 atom stereocenters. The number of ether oxygens (including phenoxy) is 1. The van der Waals surface area contributed by atoms with Gasteiger partial charge in [0.15, 0.2) is 4.67 Å². The molecule has 0 aromatic carbocycles. The molecule has 1 N–H and O–H groups in total. The second kappa shape index (κ2) is 8.82. The quantitative estimate of drug-likeness (QED) is 0.769. The summed E-state index contributed by atoms with van der Waals surface area (Å²) in [5, 5.41) is 2.97. The predicted octanol–water partition coefficient (Wildman–Crippen LogP) is 1.56. The Bertz CT molecular complexity index is 507. The first-order valence-corrected chi connectivity index (χ1v) is 8.67. The Morgan fingerprint density at radius 2 is 2.30 bits per heavy atom. The van der Waals surface area contributed by atoms with Crippen molar-refractivity contribution in [3.8, 4) is 0 Å². The summed E-state index contributed by atoms with van der Waals surface area (Å²) < 4.78 is 11.2. The molecule has 1 amide bonds. The molecular weight excluding hydrogens is 362 g/mol. The largest absolute Gasteiger partial charge is 0.453 e. The maximum Gasteiger partial charge on any atom is 0.245 e. The first kappa shape index (κ1) is 18.4. The zero-order valence-electron chi connectivity index (χ0n) is 14.0. The maximum atomic E-state index is 11.6. The van der Waals surface area contributed by atoms with Crippen LogP contribution in [0.1, 0.15) is 12.2 Å². The lowest BCUT2D eigenvalue weighted by Gasteiger charge is -2.41. The van der Waals surface area contributed by atoms with E-state index in [2.05, 4.69) is 45.1 Å². The number of nitrogens with one attached hydrogen (secondary N) is 1. The number of amides is 1. The van der Waals surface area contributed by atoms with Crippen LogP contribution in [0, 0.1) is 5.92 Å². The number of carbonyl (C=O) groups is 1. The van der Waals surface area contributed by atoms with Crippen LogP contribution >= 0.6 is 15.9 Å². The third kappa shape index (κ3) is 5.60. The van der Waals surface area contributed by atoms with Crippen molar-refractivity contribution in [2.24, 2.45) is 5.92 Å². The van der Waals surface area contributed by atoms with Crippen molar-refractivity contribution in [3.63, 3.8) is 0 Å². The molecule has 2 rings (SSSR count). The molecule has 1 saturated heterocycles. The normalized spacial score (nSPS) is 22.5. The van der Waals surface area contributed by atoms with E-state index in [1.54, 1.807) is 0 Å². The molecule has 0 aliphatic carbocycles. The number of likely N-dealkylation sites (tertiary alicyclic amines) is 1. The summed E-state index contributed by atoms with van der Waals surface area (Å²) in [4.78, 5) is 16.2. The summed E-state index contributed by atoms with van der Waals surface area (Å²) in [6.45, 7) is 3.62. The Kier molecular flexibility index (Phi) is 7.08. The summed E-state index contributed by atoms with van der Waals surface area (Å²) >= 11 is 3.34. The number of nitrogens with zero attached hydrogens (tertiary/aromatic N) is 2. The van der Waals surface area contributed by atoms with Gasteiger partial charge in [-0.05, 0) is 61.0 Å². The summed E-state index contributed by atoms with van der Waals surface area (Å²) in [5.74, 6) is 1.37. The number of hydrogen-bond donors (Lipinski definition) is 1. The Morgan fingerprint density at radius 3 is 2.91 bits per heavy atom. The summed E-state index contributed by atoms with van der Waals surface area (Å²) in [6, 6.07) is 4.34. The van der Waals surface area contributed by atoms with Gasteiger partial charge in [-0.1, -0.05) is 0 Å². The van der Waals surface area contributed by atoms with Gasteiger partial charge >= 0.3 is 0 Å². The molecule has 1 aromatic rings. The van der Waals surface area contributed by atoms with Crippen molar-refractivity contribution in [1.82, 2.24) is 15.1 Å². The number of rotatable bonds is 7. The lowest BCUT2D eigenvalue weighted by atomic mass is 9.90. The number of hydrogen-bond acceptors (Lipinski definition) is 5. The van der Waals surface area contributed by atoms with Crippen molar-refractivity contribution in [2.75, 3.05) is 47.4 Å². The van der Waals surface area contributed by atoms with Gasteiger partial charge in [-0.25, -0.2) is 0 Å². The minimum Gasteiger partial charge on any atom is -0.453 e. The number of likely N-dealkylation sites (N-methyl/N-ethyl adjacent to an activating group) is 1. The number of piperidine rings is 1. The van der Waals surface area contributed by atoms with E-state index in [1.807, 2.05) is 12.1 Å². The molecule has 23 heavy (non-hydrogen) atoms. The Labute approximate surface area is 146 Å². The Hall–Kier alpha value is -0.890. The first-order chi connectivity index (χ1) is 11.0. The van der Waals surface area contributed by atoms with Gasteiger partial charge in [0.1, 0.15) is 12.4 Å². The lowest BCUT2D eigenvalue weighted by molar-refractivity contribution is -0.125. The first-order valence-electron chi connectivity index (χ1n) is 7.88. The van der Waals surface area contributed by atoms with Crippen molar-refractivity contribution in [3.05, 3.63) is 22.6 Å². The van der Waals surface area contributed by atoms with E-state index in [-0.39, 0.29) is 12.5 Å². The molecule has 0 bridgehead atoms. The lowest BCUT2D eigenvalue weighted by Crippen LogP contribution is -2.53. The summed E-state index contributed by atoms with van der Waals surface area (Å²) in [6.07, 6.45) is 1.05. The van der Waals surface area contributed by atoms with Gasteiger partial charge in [-0.2, -0.15) is 0 Å². The van der Waals surface area contributed by atoms with Crippen LogP contribution in [0.25, 0.3) is 0 Å². The van der Waals surface area contributed by atoms with Crippen molar-refractivity contribution >= 4 is 21.8 Å². The fraction of sp³-hybridized carbons (Fsp3) is 0.688. The molecular formula is C16H26BrN3O3. The molecule has 2 heterocycles. The molecule has 130 valence electrons. The van der Waals surface area contributed by atoms with Gasteiger partial charge in [-0.3, -0.25) is 9.69 Å². The fourth-order valence-electron chi connectivity index (χ4n) is 3.10. The van der Waals surface area contributed by atoms with E-state index in [4.69, 9.17) is 9.15 Å². The van der Waals surface area contributed by atoms with Crippen molar-refractivity contribution in [2.45, 2.75) is 19.0 Å². The second-order valence-corrected chi connectivity index (χ2v) is 7.04. The van der Waals surface area contributed by atoms with E-state index in [9.17, 15) is 4.79 Å². The average molecular weight is 388 g/mol. The number of methoxy groups -OCH3 is 1. The zero-order chi connectivity index (χ0) is 16.8. The van der Waals surface area contributed by atoms with E-state index >= 15 is 0 Å². The number of furan rings is 1. The standard InChI is InChI=1S/C16H26BrN3O3/c1-19(2)14-10-20(9-13-4-5-15(17)23-13)7-6-12(14)8-18-16(21)11-22-3/h4-5,12,14H,6-11H2,1-3H3,(H,18,21)/t12-,14-/m1/s1. The van der Waals surface area contributed by atoms with E-state index in [0.29, 0.717) is 18.5 Å². The highest BCUT2D eigenvalue weighted by Crippen LogP contribution is 2.23. The molecule has 1 aliphatic rings. The van der Waals surface area contributed by atoms with Crippen LogP contribution in [-0.4, -0.2) is 69.2 Å². The van der Waals surface area contributed by atoms with Gasteiger partial charge < -0.3 is 19.4 Å². The van der Waals surface area contributed by atoms with Gasteiger partial charge in [0.05, 0.1) is 6.54 Å². The highest BCUT2D eigenvalue weighted by atomic mass is 79.9. The van der Waals surface area contributed by atoms with E-state index in [0.717, 1.165) is 36.5 Å². The molecule has 7 heteroatoms. The zero-order valence-corrected chi connectivity index (χ0v) is 15.6. The van der Waals surface area contributed by atoms with Crippen molar-refractivity contribution < 1.29 is 13.9 Å². The fourth-order valence-corrected chi connectivity index (χ4v) is 3.44. The SMILES string of the molecule is COCC(=O)NC[C@H]1CCN(Cc2ccc(Br)o2)C[C@H]1N(C)C. The van der Waals surface area contributed by atoms with Crippen LogP contribution in [0.4, 0.5) is 0 Å². The van der Waals surface area contributed by atoms with E-state index in [1.165, 1.54) is 7.11 Å². The van der Waals surface area contributed by atoms with Crippen LogP contribution < -0.4 is 5.32 Å². The minimum absolute atomic E-state index is 0.0483. The van der Waals surface area contributed by atoms with E-state index < -0.39 is 0 Å². The molecule has 0 radical (unpaired) electrons. The van der Waals surface area contributed by atoms with Crippen LogP contribution in [0.15, 0.2) is 21.2 Å². The highest BCUT2D eigenvalue weighted by molar-refractivity contribution is 9.10. The maximum absolute atomic E-state index is 11.6. The average Bonchev–Trinajstić information content (AvgIpc) is 2.91. The Balaban J connectivity index is 1.88. The third-order valence-electron chi connectivity index (χ3n) is 4.31. The minimum atomic E-state index is -0.0483. The topological polar surface area (TPSA) is 58.0 Å². The monoisotopic (exact) mass is 387 g/mol. The molecule has 1 aliphatic heterocycles. The van der Waals surface area contributed by atoms with Crippen molar-refractivity contribution in [1.29, 1.82) is 0 Å². The van der Waals surface area contributed by atoms with Gasteiger partial charge in [0, 0.05) is 26.2 Å². The number of carbonyl (C=O) groups excluding carboxylic acids is 1. The molecule has 0 spiro atoms. The van der Waals surface area contributed by atoms with Crippen LogP contribution in [0.2, 0.25) is 0 Å². The van der Waals surface area contributed by atoms with Gasteiger partial charge in [0.25, 0.3) is 0 Å². The highest BCUT2D eigenvalue weighted by Gasteiger charge is 2.31. The molecule has 0 saturated carbocycles. The molecule has 6 nitrogen and oxygen atoms in total. The Morgan fingerprint density at radius 1 is 1.52 bits per heavy atom. The number of halogens is 1. The smallest absolute Gasteiger partial charge is 0.245 e. The molecule has 1 aromatic heterocycles. The third-order valence-corrected chi connectivity index (χ3v) is 4.74. The van der Waals surface area contributed by atoms with Gasteiger partial charge in [-0.15, -0.1) is 0 Å².